The summed E-state index contributed by atoms with van der Waals surface area (Å²) in [5.41, 5.74) is 5.25. The SMILES string of the molecule is CCCC(C)(N)C(=O)N1CCC(CO)C1. The zero-order chi connectivity index (χ0) is 11.5. The van der Waals surface area contributed by atoms with Crippen LogP contribution < -0.4 is 5.73 Å². The van der Waals surface area contributed by atoms with Crippen LogP contribution in [0.3, 0.4) is 0 Å². The van der Waals surface area contributed by atoms with Crippen LogP contribution in [0.15, 0.2) is 0 Å². The predicted molar refractivity (Wildman–Crippen MR) is 59.3 cm³/mol. The molecule has 1 aliphatic rings. The van der Waals surface area contributed by atoms with E-state index < -0.39 is 5.54 Å². The molecule has 1 saturated heterocycles. The van der Waals surface area contributed by atoms with Gasteiger partial charge in [-0.05, 0) is 19.8 Å². The van der Waals surface area contributed by atoms with Crippen LogP contribution in [0.2, 0.25) is 0 Å². The van der Waals surface area contributed by atoms with Crippen molar-refractivity contribution >= 4 is 5.91 Å². The molecular formula is C11H22N2O2. The molecule has 2 unspecified atom stereocenters. The van der Waals surface area contributed by atoms with Gasteiger partial charge >= 0.3 is 0 Å². The Labute approximate surface area is 91.4 Å². The van der Waals surface area contributed by atoms with Crippen LogP contribution >= 0.6 is 0 Å². The van der Waals surface area contributed by atoms with Crippen LogP contribution in [-0.2, 0) is 4.79 Å². The van der Waals surface area contributed by atoms with Gasteiger partial charge in [0, 0.05) is 25.6 Å². The van der Waals surface area contributed by atoms with Gasteiger partial charge in [-0.2, -0.15) is 0 Å². The fraction of sp³-hybridized carbons (Fsp3) is 0.909. The number of likely N-dealkylation sites (tertiary alicyclic amines) is 1. The standard InChI is InChI=1S/C11H22N2O2/c1-3-5-11(2,12)10(15)13-6-4-9(7-13)8-14/h9,14H,3-8,12H2,1-2H3. The van der Waals surface area contributed by atoms with Gasteiger partial charge in [-0.15, -0.1) is 0 Å². The Hall–Kier alpha value is -0.610. The maximum Gasteiger partial charge on any atom is 0.242 e. The number of carbonyl (C=O) groups is 1. The lowest BCUT2D eigenvalue weighted by Crippen LogP contribution is -2.52. The van der Waals surface area contributed by atoms with E-state index in [1.54, 1.807) is 11.8 Å². The largest absolute Gasteiger partial charge is 0.396 e. The first-order valence-electron chi connectivity index (χ1n) is 5.70. The van der Waals surface area contributed by atoms with Crippen molar-refractivity contribution in [3.05, 3.63) is 0 Å². The van der Waals surface area contributed by atoms with Gasteiger partial charge in [0.05, 0.1) is 5.54 Å². The smallest absolute Gasteiger partial charge is 0.242 e. The molecule has 0 aromatic rings. The van der Waals surface area contributed by atoms with Crippen molar-refractivity contribution in [3.8, 4) is 0 Å². The normalized spacial score (nSPS) is 25.3. The van der Waals surface area contributed by atoms with Crippen LogP contribution in [0.4, 0.5) is 0 Å². The van der Waals surface area contributed by atoms with E-state index in [0.717, 1.165) is 19.4 Å². The van der Waals surface area contributed by atoms with E-state index in [1.807, 2.05) is 6.92 Å². The van der Waals surface area contributed by atoms with E-state index in [0.29, 0.717) is 13.0 Å². The van der Waals surface area contributed by atoms with Crippen molar-refractivity contribution in [2.75, 3.05) is 19.7 Å². The number of aliphatic hydroxyl groups excluding tert-OH is 1. The molecule has 4 nitrogen and oxygen atoms in total. The molecule has 1 aliphatic heterocycles. The highest BCUT2D eigenvalue weighted by molar-refractivity contribution is 5.85. The number of amides is 1. The lowest BCUT2D eigenvalue weighted by molar-refractivity contribution is -0.135. The minimum Gasteiger partial charge on any atom is -0.396 e. The van der Waals surface area contributed by atoms with E-state index in [-0.39, 0.29) is 18.4 Å². The van der Waals surface area contributed by atoms with Crippen LogP contribution in [0, 0.1) is 5.92 Å². The lowest BCUT2D eigenvalue weighted by atomic mass is 9.96. The highest BCUT2D eigenvalue weighted by Gasteiger charge is 2.35. The summed E-state index contributed by atoms with van der Waals surface area (Å²) in [6, 6.07) is 0. The van der Waals surface area contributed by atoms with E-state index in [9.17, 15) is 4.79 Å². The monoisotopic (exact) mass is 214 g/mol. The molecule has 1 amide bonds. The summed E-state index contributed by atoms with van der Waals surface area (Å²) in [6.45, 7) is 5.38. The Balaban J connectivity index is 2.54. The second kappa shape index (κ2) is 4.94. The molecule has 0 radical (unpaired) electrons. The summed E-state index contributed by atoms with van der Waals surface area (Å²) in [5, 5.41) is 9.00. The maximum atomic E-state index is 12.0. The highest BCUT2D eigenvalue weighted by atomic mass is 16.3. The van der Waals surface area contributed by atoms with Crippen molar-refractivity contribution in [2.45, 2.75) is 38.6 Å². The molecule has 0 aliphatic carbocycles. The number of hydrogen-bond acceptors (Lipinski definition) is 3. The second-order valence-corrected chi connectivity index (χ2v) is 4.76. The van der Waals surface area contributed by atoms with Crippen molar-refractivity contribution in [3.63, 3.8) is 0 Å². The van der Waals surface area contributed by atoms with E-state index in [1.165, 1.54) is 0 Å². The summed E-state index contributed by atoms with van der Waals surface area (Å²) in [4.78, 5) is 13.8. The molecular weight excluding hydrogens is 192 g/mol. The van der Waals surface area contributed by atoms with Gasteiger partial charge in [0.1, 0.15) is 0 Å². The van der Waals surface area contributed by atoms with Gasteiger partial charge in [-0.25, -0.2) is 0 Å². The first-order chi connectivity index (χ1) is 7.01. The molecule has 0 aromatic carbocycles. The average Bonchev–Trinajstić information content (AvgIpc) is 2.64. The summed E-state index contributed by atoms with van der Waals surface area (Å²) >= 11 is 0. The summed E-state index contributed by atoms with van der Waals surface area (Å²) in [6.07, 6.45) is 2.52. The van der Waals surface area contributed by atoms with Crippen LogP contribution in [0.5, 0.6) is 0 Å². The molecule has 0 spiro atoms. The number of nitrogens with zero attached hydrogens (tertiary/aromatic N) is 1. The zero-order valence-corrected chi connectivity index (χ0v) is 9.70. The fourth-order valence-electron chi connectivity index (χ4n) is 2.15. The number of rotatable bonds is 4. The zero-order valence-electron chi connectivity index (χ0n) is 9.70. The van der Waals surface area contributed by atoms with Gasteiger partial charge in [-0.1, -0.05) is 13.3 Å². The fourth-order valence-corrected chi connectivity index (χ4v) is 2.15. The number of aliphatic hydroxyl groups is 1. The third-order valence-corrected chi connectivity index (χ3v) is 3.09. The average molecular weight is 214 g/mol. The molecule has 1 fully saturated rings. The van der Waals surface area contributed by atoms with Crippen molar-refractivity contribution in [1.29, 1.82) is 0 Å². The molecule has 2 atom stereocenters. The molecule has 1 heterocycles. The van der Waals surface area contributed by atoms with Crippen molar-refractivity contribution in [1.82, 2.24) is 4.90 Å². The van der Waals surface area contributed by atoms with Gasteiger partial charge in [0.15, 0.2) is 0 Å². The highest BCUT2D eigenvalue weighted by Crippen LogP contribution is 2.20. The molecule has 0 saturated carbocycles. The van der Waals surface area contributed by atoms with Gasteiger partial charge in [0.25, 0.3) is 0 Å². The van der Waals surface area contributed by atoms with Crippen LogP contribution in [0.25, 0.3) is 0 Å². The topological polar surface area (TPSA) is 66.6 Å². The minimum atomic E-state index is -0.737. The Morgan fingerprint density at radius 2 is 2.33 bits per heavy atom. The van der Waals surface area contributed by atoms with Crippen LogP contribution in [0.1, 0.15) is 33.1 Å². The van der Waals surface area contributed by atoms with Crippen molar-refractivity contribution < 1.29 is 9.90 Å². The third kappa shape index (κ3) is 2.92. The summed E-state index contributed by atoms with van der Waals surface area (Å²) in [5.74, 6) is 0.270. The maximum absolute atomic E-state index is 12.0. The molecule has 1 rings (SSSR count). The van der Waals surface area contributed by atoms with E-state index in [2.05, 4.69) is 0 Å². The summed E-state index contributed by atoms with van der Waals surface area (Å²) < 4.78 is 0. The quantitative estimate of drug-likeness (QED) is 0.709. The first kappa shape index (κ1) is 12.5. The molecule has 88 valence electrons. The molecule has 3 N–H and O–H groups in total. The number of hydrogen-bond donors (Lipinski definition) is 2. The Bertz CT molecular complexity index is 229. The predicted octanol–water partition coefficient (Wildman–Crippen LogP) is 0.345. The second-order valence-electron chi connectivity index (χ2n) is 4.76. The lowest BCUT2D eigenvalue weighted by Gasteiger charge is -2.28. The Kier molecular flexibility index (Phi) is 4.11. The summed E-state index contributed by atoms with van der Waals surface area (Å²) in [7, 11) is 0. The Morgan fingerprint density at radius 1 is 1.67 bits per heavy atom. The first-order valence-corrected chi connectivity index (χ1v) is 5.70. The van der Waals surface area contributed by atoms with E-state index >= 15 is 0 Å². The molecule has 15 heavy (non-hydrogen) atoms. The van der Waals surface area contributed by atoms with Gasteiger partial charge in [0.2, 0.25) is 5.91 Å². The minimum absolute atomic E-state index is 0.0281. The third-order valence-electron chi connectivity index (χ3n) is 3.09. The van der Waals surface area contributed by atoms with Crippen molar-refractivity contribution in [2.24, 2.45) is 11.7 Å². The molecule has 0 aromatic heterocycles. The molecule has 0 bridgehead atoms. The number of nitrogens with two attached hydrogens (primary N) is 1. The van der Waals surface area contributed by atoms with Gasteiger partial charge < -0.3 is 15.7 Å². The van der Waals surface area contributed by atoms with Gasteiger partial charge in [-0.3, -0.25) is 4.79 Å². The van der Waals surface area contributed by atoms with E-state index in [4.69, 9.17) is 10.8 Å². The Morgan fingerprint density at radius 3 is 2.80 bits per heavy atom. The van der Waals surface area contributed by atoms with Crippen LogP contribution in [-0.4, -0.2) is 41.1 Å². The number of carbonyl (C=O) groups excluding carboxylic acids is 1. The molecule has 4 heteroatoms.